The van der Waals surface area contributed by atoms with Crippen LogP contribution >= 0.6 is 0 Å². The Morgan fingerprint density at radius 1 is 0.833 bits per heavy atom. The summed E-state index contributed by atoms with van der Waals surface area (Å²) in [5.74, 6) is 0. The molecular weight excluding hydrogens is 208 g/mol. The van der Waals surface area contributed by atoms with E-state index in [1.54, 1.807) is 0 Å². The Balaban J connectivity index is 4.70. The number of hydrogen-bond donors (Lipinski definition) is 0. The normalized spacial score (nSPS) is 13.8. The van der Waals surface area contributed by atoms with Crippen LogP contribution in [0.25, 0.3) is 0 Å². The predicted octanol–water partition coefficient (Wildman–Crippen LogP) is -0.590. The van der Waals surface area contributed by atoms with Crippen molar-refractivity contribution in [2.75, 3.05) is 14.2 Å². The molecule has 0 rings (SSSR count). The largest absolute Gasteiger partial charge is 0.290 e. The van der Waals surface area contributed by atoms with Crippen molar-refractivity contribution < 1.29 is 25.2 Å². The van der Waals surface area contributed by atoms with Gasteiger partial charge in [0.15, 0.2) is 0 Å². The second-order valence-corrected chi connectivity index (χ2v) is 4.77. The molecule has 0 N–H and O–H groups in total. The van der Waals surface area contributed by atoms with Gasteiger partial charge in [-0.2, -0.15) is 16.8 Å². The summed E-state index contributed by atoms with van der Waals surface area (Å²) in [6.45, 7) is 0. The van der Waals surface area contributed by atoms with Gasteiger partial charge < -0.3 is 0 Å². The Bertz CT molecular complexity index is 311. The molecule has 0 aromatic carbocycles. The lowest BCUT2D eigenvalue weighted by Gasteiger charge is -1.93. The fourth-order valence-electron chi connectivity index (χ4n) is 0.247. The van der Waals surface area contributed by atoms with Gasteiger partial charge in [0.25, 0.3) is 20.2 Å². The zero-order valence-electron chi connectivity index (χ0n) is 6.42. The fraction of sp³-hybridized carbons (Fsp3) is 0.500. The number of hydrogen-bond acceptors (Lipinski definition) is 6. The molecule has 0 fully saturated rings. The number of rotatable bonds is 4. The molecule has 6 nitrogen and oxygen atoms in total. The second kappa shape index (κ2) is 3.99. The molecule has 0 saturated carbocycles. The third-order valence-electron chi connectivity index (χ3n) is 0.854. The summed E-state index contributed by atoms with van der Waals surface area (Å²) in [6.07, 6.45) is 0. The van der Waals surface area contributed by atoms with Crippen LogP contribution in [-0.2, 0) is 28.6 Å². The van der Waals surface area contributed by atoms with Crippen LogP contribution in [0.3, 0.4) is 0 Å². The van der Waals surface area contributed by atoms with E-state index in [-0.39, 0.29) is 0 Å². The first-order valence-corrected chi connectivity index (χ1v) is 5.56. The van der Waals surface area contributed by atoms with Crippen LogP contribution in [0.5, 0.6) is 0 Å². The van der Waals surface area contributed by atoms with Gasteiger partial charge in [-0.15, -0.1) is 0 Å². The lowest BCUT2D eigenvalue weighted by atomic mass is 11.3. The minimum absolute atomic E-state index is 0.395. The summed E-state index contributed by atoms with van der Waals surface area (Å²) in [7, 11) is -5.97. The van der Waals surface area contributed by atoms with Gasteiger partial charge in [0.1, 0.15) is 0 Å². The molecule has 0 aromatic rings. The highest BCUT2D eigenvalue weighted by atomic mass is 32.2. The summed E-state index contributed by atoms with van der Waals surface area (Å²) < 4.78 is 50.0. The van der Waals surface area contributed by atoms with Gasteiger partial charge in [-0.05, 0) is 0 Å². The van der Waals surface area contributed by atoms with Crippen molar-refractivity contribution >= 4 is 20.2 Å². The van der Waals surface area contributed by atoms with E-state index in [1.165, 1.54) is 0 Å². The van der Waals surface area contributed by atoms with Crippen molar-refractivity contribution in [1.82, 2.24) is 0 Å². The maximum absolute atomic E-state index is 10.5. The Kier molecular flexibility index (Phi) is 3.84. The monoisotopic (exact) mass is 216 g/mol. The first kappa shape index (κ1) is 11.6. The molecule has 0 spiro atoms. The van der Waals surface area contributed by atoms with Gasteiger partial charge in [-0.1, -0.05) is 0 Å². The maximum atomic E-state index is 10.5. The predicted molar refractivity (Wildman–Crippen MR) is 41.0 cm³/mol. The average molecular weight is 216 g/mol. The zero-order valence-corrected chi connectivity index (χ0v) is 8.05. The minimum Gasteiger partial charge on any atom is -0.270 e. The lowest BCUT2D eigenvalue weighted by Crippen LogP contribution is -2.01. The van der Waals surface area contributed by atoms with E-state index in [0.717, 1.165) is 14.2 Å². The molecule has 0 unspecified atom stereocenters. The smallest absolute Gasteiger partial charge is 0.270 e. The van der Waals surface area contributed by atoms with Gasteiger partial charge in [0.05, 0.1) is 25.0 Å². The molecule has 0 atom stereocenters. The molecule has 0 aromatic heterocycles. The van der Waals surface area contributed by atoms with E-state index < -0.39 is 20.2 Å². The van der Waals surface area contributed by atoms with Gasteiger partial charge >= 0.3 is 0 Å². The second-order valence-electron chi connectivity index (χ2n) is 1.59. The Labute approximate surface area is 71.0 Å². The molecule has 0 radical (unpaired) electrons. The van der Waals surface area contributed by atoms with Gasteiger partial charge in [0.2, 0.25) is 0 Å². The highest BCUT2D eigenvalue weighted by molar-refractivity contribution is 7.93. The van der Waals surface area contributed by atoms with Crippen molar-refractivity contribution in [3.63, 3.8) is 0 Å². The molecule has 0 aliphatic heterocycles. The van der Waals surface area contributed by atoms with Crippen molar-refractivity contribution in [3.05, 3.63) is 10.8 Å². The fourth-order valence-corrected chi connectivity index (χ4v) is 1.56. The minimum atomic E-state index is -3.90. The van der Waals surface area contributed by atoms with Crippen LogP contribution in [0.2, 0.25) is 0 Å². The van der Waals surface area contributed by atoms with Crippen molar-refractivity contribution in [2.45, 2.75) is 0 Å². The standard InChI is InChI=1S/C4H8O6S2/c1-9-11(5,6)3-4-12(7,8)10-2/h3-4H,1-2H3. The summed E-state index contributed by atoms with van der Waals surface area (Å²) in [4.78, 5) is 0. The molecule has 72 valence electrons. The van der Waals surface area contributed by atoms with Gasteiger partial charge in [-0.25, -0.2) is 0 Å². The van der Waals surface area contributed by atoms with Crippen molar-refractivity contribution in [3.8, 4) is 0 Å². The van der Waals surface area contributed by atoms with E-state index in [1.807, 2.05) is 0 Å². The third kappa shape index (κ3) is 4.44. The first-order valence-electron chi connectivity index (χ1n) is 2.62. The third-order valence-corrected chi connectivity index (χ3v) is 2.89. The molecule has 0 aliphatic rings. The Morgan fingerprint density at radius 3 is 1.25 bits per heavy atom. The summed E-state index contributed by atoms with van der Waals surface area (Å²) in [5.41, 5.74) is 0. The topological polar surface area (TPSA) is 86.7 Å². The molecular formula is C4H8O6S2. The van der Waals surface area contributed by atoms with E-state index in [4.69, 9.17) is 0 Å². The summed E-state index contributed by atoms with van der Waals surface area (Å²) in [5, 5.41) is 0.789. The highest BCUT2D eigenvalue weighted by Gasteiger charge is 2.07. The highest BCUT2D eigenvalue weighted by Crippen LogP contribution is 1.98. The Morgan fingerprint density at radius 2 is 1.08 bits per heavy atom. The molecule has 0 saturated heterocycles. The van der Waals surface area contributed by atoms with Crippen LogP contribution in [-0.4, -0.2) is 31.1 Å². The summed E-state index contributed by atoms with van der Waals surface area (Å²) in [6, 6.07) is 0. The molecule has 8 heteroatoms. The average Bonchev–Trinajstić information content (AvgIpc) is 2.02. The molecule has 0 amide bonds. The van der Waals surface area contributed by atoms with Crippen LogP contribution in [0, 0.1) is 0 Å². The van der Waals surface area contributed by atoms with Crippen LogP contribution < -0.4 is 0 Å². The van der Waals surface area contributed by atoms with E-state index >= 15 is 0 Å². The quantitative estimate of drug-likeness (QED) is 0.584. The van der Waals surface area contributed by atoms with Gasteiger partial charge in [-0.3, -0.25) is 8.37 Å². The van der Waals surface area contributed by atoms with E-state index in [0.29, 0.717) is 10.8 Å². The molecule has 0 aliphatic carbocycles. The maximum Gasteiger partial charge on any atom is 0.290 e. The van der Waals surface area contributed by atoms with Crippen LogP contribution in [0.15, 0.2) is 10.8 Å². The van der Waals surface area contributed by atoms with E-state index in [2.05, 4.69) is 8.37 Å². The molecule has 12 heavy (non-hydrogen) atoms. The first-order chi connectivity index (χ1) is 5.33. The Hall–Kier alpha value is -0.440. The SMILES string of the molecule is COS(=O)(=O)C=CS(=O)(=O)OC. The van der Waals surface area contributed by atoms with Crippen LogP contribution in [0.4, 0.5) is 0 Å². The lowest BCUT2D eigenvalue weighted by molar-refractivity contribution is 0.402. The van der Waals surface area contributed by atoms with Gasteiger partial charge in [0, 0.05) is 0 Å². The summed E-state index contributed by atoms with van der Waals surface area (Å²) >= 11 is 0. The van der Waals surface area contributed by atoms with Crippen LogP contribution in [0.1, 0.15) is 0 Å². The van der Waals surface area contributed by atoms with E-state index in [9.17, 15) is 16.8 Å². The van der Waals surface area contributed by atoms with Crippen molar-refractivity contribution in [1.29, 1.82) is 0 Å². The van der Waals surface area contributed by atoms with Crippen molar-refractivity contribution in [2.24, 2.45) is 0 Å². The zero-order chi connectivity index (χ0) is 9.83. The molecule has 0 heterocycles. The molecule has 0 bridgehead atoms.